The number of phenolic OH excluding ortho intramolecular Hbond substituents is 1. The summed E-state index contributed by atoms with van der Waals surface area (Å²) in [5, 5.41) is 18.8. The minimum Gasteiger partial charge on any atom is -0.508 e. The molecule has 2 aromatic rings. The van der Waals surface area contributed by atoms with Crippen LogP contribution >= 0.6 is 0 Å². The van der Waals surface area contributed by atoms with Crippen molar-refractivity contribution < 1.29 is 5.11 Å². The van der Waals surface area contributed by atoms with Crippen molar-refractivity contribution in [2.24, 2.45) is 5.73 Å². The molecule has 0 aromatic heterocycles. The first-order valence-corrected chi connectivity index (χ1v) is 6.35. The average molecular weight is 267 g/mol. The summed E-state index contributed by atoms with van der Waals surface area (Å²) >= 11 is 0. The zero-order chi connectivity index (χ0) is 14.7. The van der Waals surface area contributed by atoms with Gasteiger partial charge in [-0.05, 0) is 37.3 Å². The standard InChI is InChI=1S/C16H17N3O/c1-11(18)15-8-7-14(9-16(15)20)19(2)13-5-3-12(10-17)4-6-13/h3-9,11,20H,18H2,1-2H3. The summed E-state index contributed by atoms with van der Waals surface area (Å²) in [6.07, 6.45) is 0. The van der Waals surface area contributed by atoms with Crippen LogP contribution in [-0.4, -0.2) is 12.2 Å². The second kappa shape index (κ2) is 5.64. The first-order valence-electron chi connectivity index (χ1n) is 6.35. The first-order chi connectivity index (χ1) is 9.52. The van der Waals surface area contributed by atoms with E-state index in [-0.39, 0.29) is 11.8 Å². The van der Waals surface area contributed by atoms with E-state index in [9.17, 15) is 5.11 Å². The summed E-state index contributed by atoms with van der Waals surface area (Å²) in [6.45, 7) is 1.83. The van der Waals surface area contributed by atoms with Gasteiger partial charge in [0.25, 0.3) is 0 Å². The monoisotopic (exact) mass is 267 g/mol. The highest BCUT2D eigenvalue weighted by atomic mass is 16.3. The van der Waals surface area contributed by atoms with E-state index in [1.165, 1.54) is 0 Å². The van der Waals surface area contributed by atoms with Gasteiger partial charge in [0.1, 0.15) is 5.75 Å². The number of benzene rings is 2. The highest BCUT2D eigenvalue weighted by molar-refractivity contribution is 5.65. The molecule has 0 radical (unpaired) electrons. The van der Waals surface area contributed by atoms with Crippen molar-refractivity contribution in [3.63, 3.8) is 0 Å². The summed E-state index contributed by atoms with van der Waals surface area (Å²) in [5.41, 5.74) is 8.93. The van der Waals surface area contributed by atoms with Crippen LogP contribution in [0.5, 0.6) is 5.75 Å². The second-order valence-electron chi connectivity index (χ2n) is 4.75. The molecule has 102 valence electrons. The zero-order valence-corrected chi connectivity index (χ0v) is 11.5. The molecule has 0 heterocycles. The molecule has 1 atom stereocenters. The predicted octanol–water partition coefficient (Wildman–Crippen LogP) is 3.05. The van der Waals surface area contributed by atoms with Gasteiger partial charge in [0.15, 0.2) is 0 Å². The Labute approximate surface area is 118 Å². The van der Waals surface area contributed by atoms with Gasteiger partial charge in [-0.15, -0.1) is 0 Å². The van der Waals surface area contributed by atoms with Crippen molar-refractivity contribution in [3.8, 4) is 11.8 Å². The minimum absolute atomic E-state index is 0.193. The average Bonchev–Trinajstić information content (AvgIpc) is 2.46. The van der Waals surface area contributed by atoms with Crippen LogP contribution in [0.2, 0.25) is 0 Å². The van der Waals surface area contributed by atoms with E-state index < -0.39 is 0 Å². The van der Waals surface area contributed by atoms with E-state index in [0.717, 1.165) is 16.9 Å². The molecular formula is C16H17N3O. The molecular weight excluding hydrogens is 250 g/mol. The normalized spacial score (nSPS) is 11.7. The van der Waals surface area contributed by atoms with Gasteiger partial charge >= 0.3 is 0 Å². The Balaban J connectivity index is 2.31. The van der Waals surface area contributed by atoms with Gasteiger partial charge in [0, 0.05) is 36.1 Å². The van der Waals surface area contributed by atoms with Crippen molar-refractivity contribution in [3.05, 3.63) is 53.6 Å². The summed E-state index contributed by atoms with van der Waals surface area (Å²) in [4.78, 5) is 1.94. The van der Waals surface area contributed by atoms with Crippen LogP contribution in [0.3, 0.4) is 0 Å². The van der Waals surface area contributed by atoms with Crippen LogP contribution in [0.25, 0.3) is 0 Å². The van der Waals surface area contributed by atoms with Gasteiger partial charge in [0.05, 0.1) is 11.6 Å². The fourth-order valence-corrected chi connectivity index (χ4v) is 2.03. The lowest BCUT2D eigenvalue weighted by Crippen LogP contribution is -2.10. The Hall–Kier alpha value is -2.51. The number of nitrogens with zero attached hydrogens (tertiary/aromatic N) is 2. The lowest BCUT2D eigenvalue weighted by Gasteiger charge is -2.21. The van der Waals surface area contributed by atoms with Gasteiger partial charge in [-0.2, -0.15) is 5.26 Å². The lowest BCUT2D eigenvalue weighted by molar-refractivity contribution is 0.464. The van der Waals surface area contributed by atoms with Crippen LogP contribution < -0.4 is 10.6 Å². The number of nitrogens with two attached hydrogens (primary N) is 1. The fourth-order valence-electron chi connectivity index (χ4n) is 2.03. The fraction of sp³-hybridized carbons (Fsp3) is 0.188. The van der Waals surface area contributed by atoms with Crippen molar-refractivity contribution in [2.45, 2.75) is 13.0 Å². The van der Waals surface area contributed by atoms with Crippen LogP contribution in [0.15, 0.2) is 42.5 Å². The number of nitriles is 1. The van der Waals surface area contributed by atoms with Crippen LogP contribution in [-0.2, 0) is 0 Å². The smallest absolute Gasteiger partial charge is 0.122 e. The van der Waals surface area contributed by atoms with E-state index >= 15 is 0 Å². The molecule has 0 amide bonds. The summed E-state index contributed by atoms with van der Waals surface area (Å²) in [5.74, 6) is 0.193. The molecule has 3 N–H and O–H groups in total. The summed E-state index contributed by atoms with van der Waals surface area (Å²) < 4.78 is 0. The Bertz CT molecular complexity index is 642. The van der Waals surface area contributed by atoms with E-state index in [0.29, 0.717) is 5.56 Å². The maximum Gasteiger partial charge on any atom is 0.122 e. The molecule has 0 aliphatic rings. The minimum atomic E-state index is -0.204. The van der Waals surface area contributed by atoms with E-state index in [1.807, 2.05) is 43.1 Å². The quantitative estimate of drug-likeness (QED) is 0.896. The zero-order valence-electron chi connectivity index (χ0n) is 11.5. The molecule has 4 heteroatoms. The molecule has 20 heavy (non-hydrogen) atoms. The summed E-state index contributed by atoms with van der Waals surface area (Å²) in [7, 11) is 1.90. The van der Waals surface area contributed by atoms with Gasteiger partial charge in [-0.1, -0.05) is 6.07 Å². The Morgan fingerprint density at radius 1 is 1.15 bits per heavy atom. The number of hydrogen-bond acceptors (Lipinski definition) is 4. The third-order valence-electron chi connectivity index (χ3n) is 3.28. The van der Waals surface area contributed by atoms with Crippen LogP contribution in [0.1, 0.15) is 24.1 Å². The molecule has 0 saturated heterocycles. The summed E-state index contributed by atoms with van der Waals surface area (Å²) in [6, 6.07) is 14.6. The largest absolute Gasteiger partial charge is 0.508 e. The molecule has 0 aliphatic heterocycles. The van der Waals surface area contributed by atoms with E-state index in [1.54, 1.807) is 18.2 Å². The number of phenols is 1. The van der Waals surface area contributed by atoms with Crippen molar-refractivity contribution >= 4 is 11.4 Å². The molecule has 1 unspecified atom stereocenters. The SMILES string of the molecule is CC(N)c1ccc(N(C)c2ccc(C#N)cc2)cc1O. The van der Waals surface area contributed by atoms with Crippen molar-refractivity contribution in [1.82, 2.24) is 0 Å². The number of hydrogen-bond donors (Lipinski definition) is 2. The molecule has 2 aromatic carbocycles. The van der Waals surface area contributed by atoms with Gasteiger partial charge in [0.2, 0.25) is 0 Å². The maximum absolute atomic E-state index is 9.99. The Kier molecular flexibility index (Phi) is 3.92. The molecule has 0 bridgehead atoms. The molecule has 0 aliphatic carbocycles. The molecule has 0 fully saturated rings. The van der Waals surface area contributed by atoms with Gasteiger partial charge < -0.3 is 15.7 Å². The Morgan fingerprint density at radius 3 is 2.25 bits per heavy atom. The molecule has 0 saturated carbocycles. The van der Waals surface area contributed by atoms with E-state index in [4.69, 9.17) is 11.0 Å². The third kappa shape index (κ3) is 2.73. The highest BCUT2D eigenvalue weighted by Crippen LogP contribution is 2.31. The molecule has 2 rings (SSSR count). The highest BCUT2D eigenvalue weighted by Gasteiger charge is 2.10. The first kappa shape index (κ1) is 13.9. The van der Waals surface area contributed by atoms with Gasteiger partial charge in [-0.3, -0.25) is 0 Å². The molecule has 4 nitrogen and oxygen atoms in total. The van der Waals surface area contributed by atoms with Crippen molar-refractivity contribution in [1.29, 1.82) is 5.26 Å². The number of rotatable bonds is 3. The van der Waals surface area contributed by atoms with Crippen LogP contribution in [0, 0.1) is 11.3 Å². The van der Waals surface area contributed by atoms with Gasteiger partial charge in [-0.25, -0.2) is 0 Å². The van der Waals surface area contributed by atoms with Crippen LogP contribution in [0.4, 0.5) is 11.4 Å². The third-order valence-corrected chi connectivity index (χ3v) is 3.28. The number of anilines is 2. The second-order valence-corrected chi connectivity index (χ2v) is 4.75. The van der Waals surface area contributed by atoms with Crippen molar-refractivity contribution in [2.75, 3.05) is 11.9 Å². The predicted molar refractivity (Wildman–Crippen MR) is 79.9 cm³/mol. The molecule has 0 spiro atoms. The number of aromatic hydroxyl groups is 1. The maximum atomic E-state index is 9.99. The lowest BCUT2D eigenvalue weighted by atomic mass is 10.1. The topological polar surface area (TPSA) is 73.3 Å². The van der Waals surface area contributed by atoms with E-state index in [2.05, 4.69) is 6.07 Å². The Morgan fingerprint density at radius 2 is 1.75 bits per heavy atom.